The lowest BCUT2D eigenvalue weighted by Gasteiger charge is -2.26. The van der Waals surface area contributed by atoms with Crippen molar-refractivity contribution in [3.8, 4) is 0 Å². The summed E-state index contributed by atoms with van der Waals surface area (Å²) in [6, 6.07) is 7.45. The highest BCUT2D eigenvalue weighted by Crippen LogP contribution is 2.20. The van der Waals surface area contributed by atoms with Gasteiger partial charge in [-0.1, -0.05) is 31.4 Å². The third kappa shape index (κ3) is 7.82. The average molecular weight is 444 g/mol. The molecule has 2 aliphatic rings. The predicted molar refractivity (Wildman–Crippen MR) is 126 cm³/mol. The summed E-state index contributed by atoms with van der Waals surface area (Å²) in [4.78, 5) is 30.3. The third-order valence-electron chi connectivity index (χ3n) is 5.81. The van der Waals surface area contributed by atoms with Crippen molar-refractivity contribution in [1.82, 2.24) is 20.9 Å². The second kappa shape index (κ2) is 13.1. The molecule has 2 fully saturated rings. The highest BCUT2D eigenvalue weighted by Gasteiger charge is 2.22. The summed E-state index contributed by atoms with van der Waals surface area (Å²) in [5.41, 5.74) is 1.62. The maximum atomic E-state index is 12.6. The molecular weight excluding hydrogens is 406 g/mol. The number of ether oxygens (including phenoxy) is 1. The van der Waals surface area contributed by atoms with Crippen molar-refractivity contribution < 1.29 is 14.3 Å². The molecule has 1 aliphatic carbocycles. The number of carbonyl (C=O) groups is 2. The summed E-state index contributed by atoms with van der Waals surface area (Å²) >= 11 is 0. The van der Waals surface area contributed by atoms with Gasteiger partial charge >= 0.3 is 0 Å². The number of nitrogens with one attached hydrogen (secondary N) is 3. The Morgan fingerprint density at radius 3 is 2.69 bits per heavy atom. The van der Waals surface area contributed by atoms with Crippen LogP contribution in [0, 0.1) is 0 Å². The minimum absolute atomic E-state index is 0.111. The van der Waals surface area contributed by atoms with Crippen molar-refractivity contribution in [2.45, 2.75) is 58.1 Å². The molecule has 3 N–H and O–H groups in total. The minimum Gasteiger partial charge on any atom is -0.378 e. The molecule has 8 heteroatoms. The molecule has 1 aromatic carbocycles. The molecular formula is C24H37N5O3. The molecule has 0 radical (unpaired) electrons. The topological polar surface area (TPSA) is 95.1 Å². The van der Waals surface area contributed by atoms with Crippen LogP contribution < -0.4 is 16.0 Å². The first-order valence-corrected chi connectivity index (χ1v) is 11.9. The van der Waals surface area contributed by atoms with Crippen LogP contribution in [-0.4, -0.2) is 68.1 Å². The zero-order valence-corrected chi connectivity index (χ0v) is 19.2. The molecule has 0 atom stereocenters. The molecule has 0 bridgehead atoms. The van der Waals surface area contributed by atoms with Crippen LogP contribution in [0.2, 0.25) is 0 Å². The second-order valence-electron chi connectivity index (χ2n) is 8.38. The Labute approximate surface area is 191 Å². The Hall–Kier alpha value is -2.61. The smallest absolute Gasteiger partial charge is 0.254 e. The molecule has 1 saturated heterocycles. The maximum absolute atomic E-state index is 12.6. The van der Waals surface area contributed by atoms with Crippen molar-refractivity contribution in [1.29, 1.82) is 0 Å². The Morgan fingerprint density at radius 1 is 1.19 bits per heavy atom. The van der Waals surface area contributed by atoms with Gasteiger partial charge in [0.1, 0.15) is 0 Å². The minimum atomic E-state index is -0.112. The fourth-order valence-electron chi connectivity index (χ4n) is 4.02. The van der Waals surface area contributed by atoms with E-state index in [0.29, 0.717) is 31.3 Å². The number of aliphatic imine (C=N–C) groups is 1. The van der Waals surface area contributed by atoms with E-state index < -0.39 is 0 Å². The molecule has 0 spiro atoms. The molecule has 176 valence electrons. The second-order valence-corrected chi connectivity index (χ2v) is 8.38. The molecule has 0 aromatic heterocycles. The third-order valence-corrected chi connectivity index (χ3v) is 5.81. The van der Waals surface area contributed by atoms with Gasteiger partial charge in [-0.2, -0.15) is 0 Å². The van der Waals surface area contributed by atoms with Gasteiger partial charge < -0.3 is 25.6 Å². The van der Waals surface area contributed by atoms with Crippen molar-refractivity contribution >= 4 is 17.8 Å². The van der Waals surface area contributed by atoms with E-state index in [-0.39, 0.29) is 18.4 Å². The van der Waals surface area contributed by atoms with E-state index in [1.165, 1.54) is 32.1 Å². The number of benzene rings is 1. The molecule has 1 saturated carbocycles. The van der Waals surface area contributed by atoms with Gasteiger partial charge in [-0.05, 0) is 43.9 Å². The van der Waals surface area contributed by atoms with Gasteiger partial charge in [-0.3, -0.25) is 9.59 Å². The monoisotopic (exact) mass is 443 g/mol. The first-order valence-electron chi connectivity index (χ1n) is 11.9. The Bertz CT molecular complexity index is 759. The molecule has 8 nitrogen and oxygen atoms in total. The number of piperazine rings is 1. The molecule has 3 rings (SSSR count). The Kier molecular flexibility index (Phi) is 9.81. The number of rotatable bonds is 9. The van der Waals surface area contributed by atoms with E-state index in [1.807, 2.05) is 31.2 Å². The van der Waals surface area contributed by atoms with Crippen LogP contribution >= 0.6 is 0 Å². The van der Waals surface area contributed by atoms with Gasteiger partial charge in [0.15, 0.2) is 5.96 Å². The van der Waals surface area contributed by atoms with E-state index in [9.17, 15) is 9.59 Å². The molecule has 1 heterocycles. The lowest BCUT2D eigenvalue weighted by molar-refractivity contribution is -0.123. The molecule has 0 unspecified atom stereocenters. The van der Waals surface area contributed by atoms with E-state index in [4.69, 9.17) is 4.74 Å². The first kappa shape index (κ1) is 24.0. The molecule has 32 heavy (non-hydrogen) atoms. The van der Waals surface area contributed by atoms with E-state index in [1.54, 1.807) is 4.90 Å². The van der Waals surface area contributed by atoms with Gasteiger partial charge in [0.2, 0.25) is 5.91 Å². The van der Waals surface area contributed by atoms with Crippen molar-refractivity contribution in [3.63, 3.8) is 0 Å². The van der Waals surface area contributed by atoms with Crippen LogP contribution in [0.4, 0.5) is 0 Å². The van der Waals surface area contributed by atoms with Gasteiger partial charge in [-0.15, -0.1) is 0 Å². The Balaban J connectivity index is 1.42. The molecule has 2 amide bonds. The zero-order chi connectivity index (χ0) is 22.6. The molecule has 1 aromatic rings. The number of guanidine groups is 1. The predicted octanol–water partition coefficient (Wildman–Crippen LogP) is 2.05. The summed E-state index contributed by atoms with van der Waals surface area (Å²) in [7, 11) is 0. The maximum Gasteiger partial charge on any atom is 0.254 e. The van der Waals surface area contributed by atoms with Gasteiger partial charge in [0, 0.05) is 38.3 Å². The largest absolute Gasteiger partial charge is 0.378 e. The number of carbonyl (C=O) groups excluding carboxylic acids is 2. The van der Waals surface area contributed by atoms with E-state index in [2.05, 4.69) is 20.9 Å². The summed E-state index contributed by atoms with van der Waals surface area (Å²) in [5, 5.41) is 9.37. The number of nitrogens with zero attached hydrogens (tertiary/aromatic N) is 2. The van der Waals surface area contributed by atoms with E-state index in [0.717, 1.165) is 37.6 Å². The van der Waals surface area contributed by atoms with Gasteiger partial charge in [0.25, 0.3) is 5.91 Å². The highest BCUT2D eigenvalue weighted by atomic mass is 16.5. The normalized spacial score (nSPS) is 17.7. The average Bonchev–Trinajstić information content (AvgIpc) is 2.83. The summed E-state index contributed by atoms with van der Waals surface area (Å²) in [6.07, 6.45) is 7.75. The van der Waals surface area contributed by atoms with Crippen LogP contribution in [0.5, 0.6) is 0 Å². The number of amides is 2. The van der Waals surface area contributed by atoms with Crippen LogP contribution in [0.25, 0.3) is 0 Å². The fourth-order valence-corrected chi connectivity index (χ4v) is 4.02. The molecule has 1 aliphatic heterocycles. The number of hydrogen-bond donors (Lipinski definition) is 3. The highest BCUT2D eigenvalue weighted by molar-refractivity contribution is 5.97. The lowest BCUT2D eigenvalue weighted by atomic mass is 9.98. The van der Waals surface area contributed by atoms with Crippen molar-refractivity contribution in [3.05, 3.63) is 35.4 Å². The summed E-state index contributed by atoms with van der Waals surface area (Å²) < 4.78 is 5.98. The van der Waals surface area contributed by atoms with Crippen LogP contribution in [0.1, 0.15) is 61.4 Å². The standard InChI is InChI=1S/C24H37N5O3/c1-2-25-24(27-13-6-16-32-21-7-4-3-5-8-21)28-17-19-9-11-20(12-10-19)23(31)29-15-14-26-22(30)18-29/h9-12,21H,2-8,13-18H2,1H3,(H,26,30)(H2,25,27,28). The quantitative estimate of drug-likeness (QED) is 0.309. The summed E-state index contributed by atoms with van der Waals surface area (Å²) in [5.74, 6) is 0.560. The number of hydrogen-bond acceptors (Lipinski definition) is 4. The van der Waals surface area contributed by atoms with Crippen LogP contribution in [0.15, 0.2) is 29.3 Å². The summed E-state index contributed by atoms with van der Waals surface area (Å²) in [6.45, 7) is 6.12. The fraction of sp³-hybridized carbons (Fsp3) is 0.625. The van der Waals surface area contributed by atoms with Crippen molar-refractivity contribution in [2.24, 2.45) is 4.99 Å². The Morgan fingerprint density at radius 2 is 1.97 bits per heavy atom. The first-order chi connectivity index (χ1) is 15.7. The van der Waals surface area contributed by atoms with Gasteiger partial charge in [0.05, 0.1) is 19.2 Å². The lowest BCUT2D eigenvalue weighted by Crippen LogP contribution is -2.49. The zero-order valence-electron chi connectivity index (χ0n) is 19.2. The van der Waals surface area contributed by atoms with Crippen molar-refractivity contribution in [2.75, 3.05) is 39.3 Å². The SMILES string of the molecule is CCNC(=NCc1ccc(C(=O)N2CCNC(=O)C2)cc1)NCCCOC1CCCCC1. The van der Waals surface area contributed by atoms with Crippen LogP contribution in [-0.2, 0) is 16.1 Å². The van der Waals surface area contributed by atoms with Crippen LogP contribution in [0.3, 0.4) is 0 Å². The van der Waals surface area contributed by atoms with Gasteiger partial charge in [-0.25, -0.2) is 4.99 Å². The van der Waals surface area contributed by atoms with E-state index >= 15 is 0 Å².